The van der Waals surface area contributed by atoms with Gasteiger partial charge < -0.3 is 10.4 Å². The minimum Gasteiger partial charge on any atom is -0.396 e. The number of hydrogen-bond acceptors (Lipinski definition) is 2. The first-order valence-electron chi connectivity index (χ1n) is 5.20. The number of aliphatic hydroxyl groups is 1. The van der Waals surface area contributed by atoms with E-state index in [4.69, 9.17) is 0 Å². The van der Waals surface area contributed by atoms with Crippen LogP contribution in [0.2, 0.25) is 0 Å². The standard InChI is InChI=1S/C12H18FNO/c1-3-12(2,9-15)8-14-11-6-4-5-10(13)7-11/h4-7,14-15H,3,8-9H2,1-2H3. The first-order chi connectivity index (χ1) is 7.09. The third-order valence-electron chi connectivity index (χ3n) is 2.78. The molecule has 0 aliphatic rings. The molecule has 0 radical (unpaired) electrons. The van der Waals surface area contributed by atoms with Gasteiger partial charge in [0.05, 0.1) is 6.61 Å². The van der Waals surface area contributed by atoms with E-state index in [0.29, 0.717) is 6.54 Å². The molecule has 0 heterocycles. The van der Waals surface area contributed by atoms with Crippen LogP contribution in [-0.4, -0.2) is 18.3 Å². The second-order valence-electron chi connectivity index (χ2n) is 4.19. The van der Waals surface area contributed by atoms with Crippen molar-refractivity contribution >= 4 is 5.69 Å². The van der Waals surface area contributed by atoms with Gasteiger partial charge in [-0.15, -0.1) is 0 Å². The number of nitrogens with one attached hydrogen (secondary N) is 1. The monoisotopic (exact) mass is 211 g/mol. The molecule has 1 unspecified atom stereocenters. The van der Waals surface area contributed by atoms with Gasteiger partial charge in [0, 0.05) is 17.6 Å². The van der Waals surface area contributed by atoms with E-state index in [9.17, 15) is 9.50 Å². The van der Waals surface area contributed by atoms with Crippen LogP contribution in [0.4, 0.5) is 10.1 Å². The smallest absolute Gasteiger partial charge is 0.125 e. The zero-order chi connectivity index (χ0) is 11.3. The molecule has 0 fully saturated rings. The van der Waals surface area contributed by atoms with E-state index >= 15 is 0 Å². The van der Waals surface area contributed by atoms with E-state index in [1.165, 1.54) is 12.1 Å². The molecule has 0 aromatic heterocycles. The van der Waals surface area contributed by atoms with Crippen LogP contribution in [0.25, 0.3) is 0 Å². The number of rotatable bonds is 5. The normalized spacial score (nSPS) is 14.7. The van der Waals surface area contributed by atoms with Crippen molar-refractivity contribution in [3.05, 3.63) is 30.1 Å². The van der Waals surface area contributed by atoms with Gasteiger partial charge in [-0.05, 0) is 24.6 Å². The summed E-state index contributed by atoms with van der Waals surface area (Å²) in [5.74, 6) is -0.248. The van der Waals surface area contributed by atoms with Crippen molar-refractivity contribution in [2.75, 3.05) is 18.5 Å². The molecule has 0 amide bonds. The van der Waals surface area contributed by atoms with Crippen LogP contribution in [0.1, 0.15) is 20.3 Å². The van der Waals surface area contributed by atoms with E-state index in [2.05, 4.69) is 5.32 Å². The van der Waals surface area contributed by atoms with Crippen LogP contribution < -0.4 is 5.32 Å². The summed E-state index contributed by atoms with van der Waals surface area (Å²) in [4.78, 5) is 0. The third kappa shape index (κ3) is 3.51. The first kappa shape index (κ1) is 12.0. The predicted octanol–water partition coefficient (Wildman–Crippen LogP) is 2.65. The molecule has 1 rings (SSSR count). The van der Waals surface area contributed by atoms with Crippen LogP contribution in [0, 0.1) is 11.2 Å². The zero-order valence-corrected chi connectivity index (χ0v) is 9.26. The fraction of sp³-hybridized carbons (Fsp3) is 0.500. The fourth-order valence-electron chi connectivity index (χ4n) is 1.21. The number of halogens is 1. The number of anilines is 1. The predicted molar refractivity (Wildman–Crippen MR) is 60.4 cm³/mol. The van der Waals surface area contributed by atoms with Gasteiger partial charge >= 0.3 is 0 Å². The topological polar surface area (TPSA) is 32.3 Å². The summed E-state index contributed by atoms with van der Waals surface area (Å²) >= 11 is 0. The molecule has 1 aromatic carbocycles. The molecule has 3 heteroatoms. The Labute approximate surface area is 90.1 Å². The Morgan fingerprint density at radius 3 is 2.73 bits per heavy atom. The van der Waals surface area contributed by atoms with Gasteiger partial charge in [-0.2, -0.15) is 0 Å². The van der Waals surface area contributed by atoms with Crippen molar-refractivity contribution in [3.63, 3.8) is 0 Å². The average molecular weight is 211 g/mol. The van der Waals surface area contributed by atoms with Crippen molar-refractivity contribution in [2.45, 2.75) is 20.3 Å². The summed E-state index contributed by atoms with van der Waals surface area (Å²) in [7, 11) is 0. The first-order valence-corrected chi connectivity index (χ1v) is 5.20. The van der Waals surface area contributed by atoms with Gasteiger partial charge in [0.15, 0.2) is 0 Å². The van der Waals surface area contributed by atoms with Crippen molar-refractivity contribution in [1.82, 2.24) is 0 Å². The molecule has 0 bridgehead atoms. The Morgan fingerprint density at radius 2 is 2.20 bits per heavy atom. The summed E-state index contributed by atoms with van der Waals surface area (Å²) in [6, 6.07) is 6.35. The fourth-order valence-corrected chi connectivity index (χ4v) is 1.21. The maximum absolute atomic E-state index is 12.9. The molecule has 0 spiro atoms. The van der Waals surface area contributed by atoms with Gasteiger partial charge in [-0.25, -0.2) is 4.39 Å². The molecule has 84 valence electrons. The molecule has 0 saturated heterocycles. The summed E-state index contributed by atoms with van der Waals surface area (Å²) < 4.78 is 12.9. The lowest BCUT2D eigenvalue weighted by molar-refractivity contribution is 0.149. The van der Waals surface area contributed by atoms with E-state index in [-0.39, 0.29) is 17.8 Å². The highest BCUT2D eigenvalue weighted by Crippen LogP contribution is 2.21. The summed E-state index contributed by atoms with van der Waals surface area (Å²) in [6.45, 7) is 4.80. The van der Waals surface area contributed by atoms with Crippen LogP contribution in [0.5, 0.6) is 0 Å². The Kier molecular flexibility index (Phi) is 4.09. The zero-order valence-electron chi connectivity index (χ0n) is 9.26. The minimum atomic E-state index is -0.248. The lowest BCUT2D eigenvalue weighted by Gasteiger charge is -2.26. The second-order valence-corrected chi connectivity index (χ2v) is 4.19. The average Bonchev–Trinajstić information content (AvgIpc) is 2.26. The lowest BCUT2D eigenvalue weighted by atomic mass is 9.88. The maximum Gasteiger partial charge on any atom is 0.125 e. The number of aliphatic hydroxyl groups excluding tert-OH is 1. The van der Waals surface area contributed by atoms with Crippen molar-refractivity contribution in [3.8, 4) is 0 Å². The summed E-state index contributed by atoms with van der Waals surface area (Å²) in [5, 5.41) is 12.3. The number of hydrogen-bond donors (Lipinski definition) is 2. The maximum atomic E-state index is 12.9. The van der Waals surface area contributed by atoms with E-state index in [1.807, 2.05) is 19.9 Å². The highest BCUT2D eigenvalue weighted by Gasteiger charge is 2.20. The molecule has 0 aliphatic carbocycles. The Balaban J connectivity index is 2.56. The van der Waals surface area contributed by atoms with Gasteiger partial charge in [0.25, 0.3) is 0 Å². The highest BCUT2D eigenvalue weighted by molar-refractivity contribution is 5.43. The van der Waals surface area contributed by atoms with Crippen LogP contribution >= 0.6 is 0 Å². The molecule has 2 nitrogen and oxygen atoms in total. The van der Waals surface area contributed by atoms with Crippen LogP contribution in [0.15, 0.2) is 24.3 Å². The van der Waals surface area contributed by atoms with Crippen molar-refractivity contribution in [1.29, 1.82) is 0 Å². The Hall–Kier alpha value is -1.09. The molecule has 0 aliphatic heterocycles. The largest absolute Gasteiger partial charge is 0.396 e. The quantitative estimate of drug-likeness (QED) is 0.784. The summed E-state index contributed by atoms with van der Waals surface area (Å²) in [5.41, 5.74) is 0.606. The Morgan fingerprint density at radius 1 is 1.47 bits per heavy atom. The molecule has 0 saturated carbocycles. The molecule has 1 aromatic rings. The SMILES string of the molecule is CCC(C)(CO)CNc1cccc(F)c1. The van der Waals surface area contributed by atoms with Crippen molar-refractivity contribution < 1.29 is 9.50 Å². The molecule has 2 N–H and O–H groups in total. The van der Waals surface area contributed by atoms with E-state index in [0.717, 1.165) is 12.1 Å². The van der Waals surface area contributed by atoms with E-state index < -0.39 is 0 Å². The molecule has 1 atom stereocenters. The minimum absolute atomic E-state index is 0.131. The van der Waals surface area contributed by atoms with Gasteiger partial charge in [-0.3, -0.25) is 0 Å². The van der Waals surface area contributed by atoms with E-state index in [1.54, 1.807) is 6.07 Å². The third-order valence-corrected chi connectivity index (χ3v) is 2.78. The molecular formula is C12H18FNO. The molecular weight excluding hydrogens is 193 g/mol. The van der Waals surface area contributed by atoms with Crippen LogP contribution in [0.3, 0.4) is 0 Å². The number of benzene rings is 1. The Bertz CT molecular complexity index is 310. The van der Waals surface area contributed by atoms with Crippen LogP contribution in [-0.2, 0) is 0 Å². The second kappa shape index (κ2) is 5.12. The van der Waals surface area contributed by atoms with Crippen molar-refractivity contribution in [2.24, 2.45) is 5.41 Å². The highest BCUT2D eigenvalue weighted by atomic mass is 19.1. The lowest BCUT2D eigenvalue weighted by Crippen LogP contribution is -2.29. The van der Waals surface area contributed by atoms with Gasteiger partial charge in [-0.1, -0.05) is 19.9 Å². The van der Waals surface area contributed by atoms with Gasteiger partial charge in [0.1, 0.15) is 5.82 Å². The van der Waals surface area contributed by atoms with Gasteiger partial charge in [0.2, 0.25) is 0 Å². The summed E-state index contributed by atoms with van der Waals surface area (Å²) in [6.07, 6.45) is 0.881. The molecule has 15 heavy (non-hydrogen) atoms.